The first kappa shape index (κ1) is 16.2. The number of benzene rings is 2. The zero-order valence-corrected chi connectivity index (χ0v) is 14.1. The van der Waals surface area contributed by atoms with Crippen molar-refractivity contribution in [3.63, 3.8) is 0 Å². The Morgan fingerprint density at radius 3 is 2.46 bits per heavy atom. The van der Waals surface area contributed by atoms with Crippen molar-refractivity contribution >= 4 is 11.9 Å². The molecule has 2 aromatic rings. The van der Waals surface area contributed by atoms with Gasteiger partial charge in [-0.1, -0.05) is 73.5 Å². The molecule has 24 heavy (non-hydrogen) atoms. The van der Waals surface area contributed by atoms with E-state index in [1.54, 1.807) is 0 Å². The molecule has 2 aromatic carbocycles. The molecule has 0 aromatic heterocycles. The van der Waals surface area contributed by atoms with Crippen LogP contribution in [0.3, 0.4) is 0 Å². The quantitative estimate of drug-likeness (QED) is 0.853. The molecule has 1 heterocycles. The van der Waals surface area contributed by atoms with Crippen molar-refractivity contribution < 1.29 is 9.59 Å². The summed E-state index contributed by atoms with van der Waals surface area (Å²) in [6.45, 7) is 4.32. The van der Waals surface area contributed by atoms with Crippen molar-refractivity contribution in [2.24, 2.45) is 0 Å². The average molecular weight is 322 g/mol. The Morgan fingerprint density at radius 1 is 1.04 bits per heavy atom. The second-order valence-electron chi connectivity index (χ2n) is 6.33. The number of carbonyl (C=O) groups excluding carboxylic acids is 2. The fourth-order valence-corrected chi connectivity index (χ4v) is 3.37. The number of aryl methyl sites for hydroxylation is 1. The van der Waals surface area contributed by atoms with Gasteiger partial charge >= 0.3 is 6.03 Å². The van der Waals surface area contributed by atoms with Gasteiger partial charge in [0.1, 0.15) is 5.54 Å². The predicted octanol–water partition coefficient (Wildman–Crippen LogP) is 3.74. The molecule has 0 spiro atoms. The van der Waals surface area contributed by atoms with E-state index in [0.29, 0.717) is 13.0 Å². The normalized spacial score (nSPS) is 20.3. The summed E-state index contributed by atoms with van der Waals surface area (Å²) < 4.78 is 0. The van der Waals surface area contributed by atoms with Gasteiger partial charge in [-0.25, -0.2) is 4.79 Å². The molecule has 3 rings (SSSR count). The van der Waals surface area contributed by atoms with E-state index in [9.17, 15) is 9.59 Å². The van der Waals surface area contributed by atoms with Crippen LogP contribution in [0.1, 0.15) is 36.5 Å². The van der Waals surface area contributed by atoms with Gasteiger partial charge in [-0.2, -0.15) is 0 Å². The lowest BCUT2D eigenvalue weighted by molar-refractivity contribution is -0.132. The maximum Gasteiger partial charge on any atom is 0.325 e. The number of hydrogen-bond donors (Lipinski definition) is 1. The van der Waals surface area contributed by atoms with E-state index in [-0.39, 0.29) is 11.9 Å². The fourth-order valence-electron chi connectivity index (χ4n) is 3.37. The van der Waals surface area contributed by atoms with E-state index >= 15 is 0 Å². The van der Waals surface area contributed by atoms with Crippen LogP contribution in [0.25, 0.3) is 0 Å². The molecule has 4 heteroatoms. The summed E-state index contributed by atoms with van der Waals surface area (Å²) in [4.78, 5) is 27.0. The first-order valence-corrected chi connectivity index (χ1v) is 8.32. The van der Waals surface area contributed by atoms with Crippen LogP contribution in [0.5, 0.6) is 0 Å². The Kier molecular flexibility index (Phi) is 4.38. The molecule has 1 saturated heterocycles. The van der Waals surface area contributed by atoms with E-state index in [2.05, 4.69) is 5.32 Å². The highest BCUT2D eigenvalue weighted by atomic mass is 16.2. The number of urea groups is 1. The number of hydrogen-bond acceptors (Lipinski definition) is 2. The van der Waals surface area contributed by atoms with E-state index in [1.807, 2.05) is 68.4 Å². The monoisotopic (exact) mass is 322 g/mol. The lowest BCUT2D eigenvalue weighted by Gasteiger charge is -2.27. The van der Waals surface area contributed by atoms with Crippen LogP contribution < -0.4 is 5.32 Å². The largest absolute Gasteiger partial charge is 0.325 e. The van der Waals surface area contributed by atoms with E-state index in [4.69, 9.17) is 0 Å². The molecule has 0 bridgehead atoms. The van der Waals surface area contributed by atoms with Crippen molar-refractivity contribution in [2.45, 2.75) is 38.8 Å². The van der Waals surface area contributed by atoms with Crippen LogP contribution in [-0.4, -0.2) is 16.8 Å². The van der Waals surface area contributed by atoms with Crippen molar-refractivity contribution in [2.75, 3.05) is 0 Å². The molecule has 3 amide bonds. The van der Waals surface area contributed by atoms with Gasteiger partial charge in [-0.3, -0.25) is 9.69 Å². The number of nitrogens with one attached hydrogen (secondary N) is 1. The molecule has 1 fully saturated rings. The second-order valence-corrected chi connectivity index (χ2v) is 6.33. The van der Waals surface area contributed by atoms with E-state index in [1.165, 1.54) is 4.90 Å². The molecule has 1 N–H and O–H groups in total. The molecule has 0 radical (unpaired) electrons. The van der Waals surface area contributed by atoms with Crippen molar-refractivity contribution in [3.05, 3.63) is 71.3 Å². The zero-order valence-electron chi connectivity index (χ0n) is 14.1. The van der Waals surface area contributed by atoms with Crippen LogP contribution in [0, 0.1) is 6.92 Å². The summed E-state index contributed by atoms with van der Waals surface area (Å²) in [6, 6.07) is 17.1. The highest BCUT2D eigenvalue weighted by molar-refractivity contribution is 6.07. The second kappa shape index (κ2) is 6.48. The smallest absolute Gasteiger partial charge is 0.319 e. The van der Waals surface area contributed by atoms with Crippen LogP contribution >= 0.6 is 0 Å². The zero-order chi connectivity index (χ0) is 17.2. The first-order chi connectivity index (χ1) is 11.6. The minimum atomic E-state index is -0.948. The van der Waals surface area contributed by atoms with Gasteiger partial charge in [0.2, 0.25) is 0 Å². The topological polar surface area (TPSA) is 49.4 Å². The third kappa shape index (κ3) is 2.80. The van der Waals surface area contributed by atoms with Crippen molar-refractivity contribution in [1.82, 2.24) is 10.2 Å². The van der Waals surface area contributed by atoms with Gasteiger partial charge in [0.05, 0.1) is 6.54 Å². The predicted molar refractivity (Wildman–Crippen MR) is 93.3 cm³/mol. The standard InChI is InChI=1S/C20H22N2O2/c1-3-12-20(17-10-5-4-6-11-17)18(23)22(19(24)21-20)14-16-9-7-8-15(2)13-16/h4-11,13H,3,12,14H2,1-2H3,(H,21,24)/t20-/m0/s1. The van der Waals surface area contributed by atoms with Crippen LogP contribution in [0.2, 0.25) is 0 Å². The molecule has 4 nitrogen and oxygen atoms in total. The van der Waals surface area contributed by atoms with E-state index in [0.717, 1.165) is 23.1 Å². The summed E-state index contributed by atoms with van der Waals surface area (Å²) >= 11 is 0. The number of rotatable bonds is 5. The minimum Gasteiger partial charge on any atom is -0.319 e. The fraction of sp³-hybridized carbons (Fsp3) is 0.300. The summed E-state index contributed by atoms with van der Waals surface area (Å²) in [5, 5.41) is 2.96. The van der Waals surface area contributed by atoms with Crippen LogP contribution in [0.4, 0.5) is 4.79 Å². The first-order valence-electron chi connectivity index (χ1n) is 8.32. The Hall–Kier alpha value is -2.62. The van der Waals surface area contributed by atoms with Gasteiger partial charge in [0.15, 0.2) is 0 Å². The minimum absolute atomic E-state index is 0.165. The van der Waals surface area contributed by atoms with Gasteiger partial charge in [0.25, 0.3) is 5.91 Å². The van der Waals surface area contributed by atoms with Crippen molar-refractivity contribution in [3.8, 4) is 0 Å². The van der Waals surface area contributed by atoms with Gasteiger partial charge in [0, 0.05) is 0 Å². The molecular weight excluding hydrogens is 300 g/mol. The Morgan fingerprint density at radius 2 is 1.79 bits per heavy atom. The number of imide groups is 1. The number of nitrogens with zero attached hydrogens (tertiary/aromatic N) is 1. The maximum absolute atomic E-state index is 13.2. The third-order valence-electron chi connectivity index (χ3n) is 4.49. The molecule has 1 aliphatic rings. The lowest BCUT2D eigenvalue weighted by atomic mass is 9.85. The number of amides is 3. The third-order valence-corrected chi connectivity index (χ3v) is 4.49. The van der Waals surface area contributed by atoms with Gasteiger partial charge in [-0.15, -0.1) is 0 Å². The summed E-state index contributed by atoms with van der Waals surface area (Å²) in [5.41, 5.74) is 1.97. The molecule has 0 aliphatic carbocycles. The van der Waals surface area contributed by atoms with Crippen molar-refractivity contribution in [1.29, 1.82) is 0 Å². The summed E-state index contributed by atoms with van der Waals surface area (Å²) in [6.07, 6.45) is 1.39. The summed E-state index contributed by atoms with van der Waals surface area (Å²) in [5.74, 6) is -0.165. The maximum atomic E-state index is 13.2. The SMILES string of the molecule is CCC[C@@]1(c2ccccc2)NC(=O)N(Cc2cccc(C)c2)C1=O. The highest BCUT2D eigenvalue weighted by Crippen LogP contribution is 2.34. The lowest BCUT2D eigenvalue weighted by Crippen LogP contribution is -2.43. The van der Waals surface area contributed by atoms with Crippen LogP contribution in [0.15, 0.2) is 54.6 Å². The number of carbonyl (C=O) groups is 2. The van der Waals surface area contributed by atoms with Crippen LogP contribution in [-0.2, 0) is 16.9 Å². The summed E-state index contributed by atoms with van der Waals surface area (Å²) in [7, 11) is 0. The molecule has 0 unspecified atom stereocenters. The molecule has 1 atom stereocenters. The van der Waals surface area contributed by atoms with Gasteiger partial charge < -0.3 is 5.32 Å². The van der Waals surface area contributed by atoms with E-state index < -0.39 is 5.54 Å². The molecule has 124 valence electrons. The molecular formula is C20H22N2O2. The Labute approximate surface area is 142 Å². The molecule has 1 aliphatic heterocycles. The highest BCUT2D eigenvalue weighted by Gasteiger charge is 2.51. The average Bonchev–Trinajstić information content (AvgIpc) is 2.81. The molecule has 0 saturated carbocycles. The van der Waals surface area contributed by atoms with Gasteiger partial charge in [-0.05, 0) is 24.5 Å². The Bertz CT molecular complexity index is 757. The Balaban J connectivity index is 1.94.